The number of benzene rings is 1. The van der Waals surface area contributed by atoms with Crippen LogP contribution in [-0.2, 0) is 6.54 Å². The van der Waals surface area contributed by atoms with Gasteiger partial charge in [-0.15, -0.1) is 12.4 Å². The van der Waals surface area contributed by atoms with Crippen LogP contribution in [0.2, 0.25) is 0 Å². The van der Waals surface area contributed by atoms with Crippen LogP contribution in [0, 0.1) is 0 Å². The number of rotatable bonds is 10. The molecule has 0 atom stereocenters. The number of aryl methyl sites for hydroxylation is 1. The molecule has 1 saturated heterocycles. The van der Waals surface area contributed by atoms with Crippen LogP contribution < -0.4 is 4.87 Å². The van der Waals surface area contributed by atoms with E-state index < -0.39 is 0 Å². The molecule has 1 aliphatic heterocycles. The number of likely N-dealkylation sites (tertiary alicyclic amines) is 1. The lowest BCUT2D eigenvalue weighted by atomic mass is 10.1. The van der Waals surface area contributed by atoms with Crippen molar-refractivity contribution in [2.24, 2.45) is 0 Å². The molecule has 0 saturated carbocycles. The number of nitrogens with zero attached hydrogens (tertiary/aromatic N) is 2. The first-order chi connectivity index (χ1) is 13.7. The van der Waals surface area contributed by atoms with E-state index >= 15 is 0 Å². The van der Waals surface area contributed by atoms with Crippen LogP contribution in [0.5, 0.6) is 0 Å². The van der Waals surface area contributed by atoms with E-state index in [0.717, 1.165) is 35.2 Å². The zero-order valence-electron chi connectivity index (χ0n) is 17.7. The number of carbonyl (C=O) groups excluding carboxylic acids is 1. The molecule has 29 heavy (non-hydrogen) atoms. The molecule has 0 spiro atoms. The van der Waals surface area contributed by atoms with E-state index in [0.29, 0.717) is 6.42 Å². The minimum Gasteiger partial charge on any atom is -0.303 e. The van der Waals surface area contributed by atoms with Gasteiger partial charge in [-0.25, -0.2) is 0 Å². The van der Waals surface area contributed by atoms with E-state index in [1.54, 1.807) is 0 Å². The first kappa shape index (κ1) is 24.1. The number of fused-ring (bicyclic) bond motifs is 1. The van der Waals surface area contributed by atoms with Crippen LogP contribution in [0.15, 0.2) is 23.0 Å². The van der Waals surface area contributed by atoms with Crippen molar-refractivity contribution in [1.29, 1.82) is 0 Å². The maximum atomic E-state index is 12.4. The number of aromatic nitrogens is 1. The predicted octanol–water partition coefficient (Wildman–Crippen LogP) is 5.90. The van der Waals surface area contributed by atoms with Gasteiger partial charge in [-0.2, -0.15) is 0 Å². The van der Waals surface area contributed by atoms with Gasteiger partial charge in [-0.05, 0) is 69.9 Å². The van der Waals surface area contributed by atoms with Gasteiger partial charge in [0.25, 0.3) is 0 Å². The Bertz CT molecular complexity index is 822. The van der Waals surface area contributed by atoms with Gasteiger partial charge in [-0.1, -0.05) is 43.9 Å². The van der Waals surface area contributed by atoms with Crippen molar-refractivity contribution in [3.63, 3.8) is 0 Å². The molecule has 2 aromatic rings. The summed E-state index contributed by atoms with van der Waals surface area (Å²) in [7, 11) is 0. The Morgan fingerprint density at radius 1 is 1.00 bits per heavy atom. The first-order valence-electron chi connectivity index (χ1n) is 11.1. The summed E-state index contributed by atoms with van der Waals surface area (Å²) in [6.07, 6.45) is 11.7. The summed E-state index contributed by atoms with van der Waals surface area (Å²) in [6.45, 7) is 6.58. The molecule has 3 rings (SSSR count). The molecule has 2 heterocycles. The lowest BCUT2D eigenvalue weighted by Gasteiger charge is -2.19. The van der Waals surface area contributed by atoms with Crippen molar-refractivity contribution >= 4 is 39.7 Å². The zero-order chi connectivity index (χ0) is 19.8. The summed E-state index contributed by atoms with van der Waals surface area (Å²) in [5.41, 5.74) is 1.71. The maximum Gasteiger partial charge on any atom is 0.308 e. The summed E-state index contributed by atoms with van der Waals surface area (Å²) in [4.78, 5) is 27.2. The molecule has 0 bridgehead atoms. The van der Waals surface area contributed by atoms with Gasteiger partial charge >= 0.3 is 4.87 Å². The molecule has 0 amide bonds. The lowest BCUT2D eigenvalue weighted by molar-refractivity contribution is 0.0982. The molecular formula is C23H35ClN2O2S. The van der Waals surface area contributed by atoms with E-state index in [1.807, 2.05) is 29.7 Å². The number of unbranched alkanes of at least 4 members (excludes halogenated alkanes) is 3. The Kier molecular flexibility index (Phi) is 10.4. The minimum absolute atomic E-state index is 0. The highest BCUT2D eigenvalue weighted by Gasteiger charge is 2.11. The number of hydrogen-bond donors (Lipinski definition) is 0. The highest BCUT2D eigenvalue weighted by Crippen LogP contribution is 2.21. The molecule has 1 aliphatic rings. The molecule has 1 fully saturated rings. The number of ketones is 1. The first-order valence-corrected chi connectivity index (χ1v) is 11.9. The molecule has 162 valence electrons. The average molecular weight is 439 g/mol. The van der Waals surface area contributed by atoms with Crippen LogP contribution in [-0.4, -0.2) is 34.9 Å². The van der Waals surface area contributed by atoms with Crippen molar-refractivity contribution < 1.29 is 4.79 Å². The van der Waals surface area contributed by atoms with Crippen molar-refractivity contribution in [1.82, 2.24) is 9.47 Å². The number of halogens is 1. The van der Waals surface area contributed by atoms with Gasteiger partial charge in [0.05, 0.1) is 10.2 Å². The third kappa shape index (κ3) is 6.94. The van der Waals surface area contributed by atoms with Crippen LogP contribution in [0.1, 0.15) is 81.5 Å². The van der Waals surface area contributed by atoms with Crippen LogP contribution >= 0.6 is 23.7 Å². The van der Waals surface area contributed by atoms with Gasteiger partial charge in [0.1, 0.15) is 0 Å². The second kappa shape index (κ2) is 12.5. The monoisotopic (exact) mass is 438 g/mol. The smallest absolute Gasteiger partial charge is 0.303 e. The SMILES string of the molecule is CCCC(=O)c1ccc2c(c1)sc(=O)n2CCCCCCN1CCCCCC1.Cl. The number of thiazole rings is 1. The largest absolute Gasteiger partial charge is 0.308 e. The van der Waals surface area contributed by atoms with Crippen molar-refractivity contribution in [2.45, 2.75) is 77.7 Å². The predicted molar refractivity (Wildman–Crippen MR) is 126 cm³/mol. The van der Waals surface area contributed by atoms with Gasteiger partial charge in [0.15, 0.2) is 5.78 Å². The van der Waals surface area contributed by atoms with Crippen LogP contribution in [0.3, 0.4) is 0 Å². The summed E-state index contributed by atoms with van der Waals surface area (Å²) >= 11 is 1.27. The Labute approximate surface area is 184 Å². The van der Waals surface area contributed by atoms with Gasteiger partial charge in [0.2, 0.25) is 0 Å². The Balaban J connectivity index is 0.00000300. The third-order valence-electron chi connectivity index (χ3n) is 5.77. The second-order valence-corrected chi connectivity index (χ2v) is 9.04. The highest BCUT2D eigenvalue weighted by molar-refractivity contribution is 7.16. The minimum atomic E-state index is 0. The Morgan fingerprint density at radius 2 is 1.69 bits per heavy atom. The third-order valence-corrected chi connectivity index (χ3v) is 6.71. The Morgan fingerprint density at radius 3 is 2.38 bits per heavy atom. The zero-order valence-corrected chi connectivity index (χ0v) is 19.3. The van der Waals surface area contributed by atoms with Gasteiger partial charge in [0, 0.05) is 18.5 Å². The van der Waals surface area contributed by atoms with Crippen molar-refractivity contribution in [3.05, 3.63) is 33.4 Å². The van der Waals surface area contributed by atoms with E-state index in [9.17, 15) is 9.59 Å². The summed E-state index contributed by atoms with van der Waals surface area (Å²) in [5.74, 6) is 0.168. The molecule has 4 nitrogen and oxygen atoms in total. The van der Waals surface area contributed by atoms with Crippen LogP contribution in [0.4, 0.5) is 0 Å². The topological polar surface area (TPSA) is 42.3 Å². The highest BCUT2D eigenvalue weighted by atomic mass is 35.5. The molecule has 0 aliphatic carbocycles. The fraction of sp³-hybridized carbons (Fsp3) is 0.652. The summed E-state index contributed by atoms with van der Waals surface area (Å²) in [5, 5.41) is 0. The van der Waals surface area contributed by atoms with E-state index in [4.69, 9.17) is 0 Å². The molecule has 6 heteroatoms. The van der Waals surface area contributed by atoms with Crippen molar-refractivity contribution in [2.75, 3.05) is 19.6 Å². The maximum absolute atomic E-state index is 12.4. The fourth-order valence-electron chi connectivity index (χ4n) is 4.14. The van der Waals surface area contributed by atoms with Gasteiger partial charge in [-0.3, -0.25) is 14.2 Å². The van der Waals surface area contributed by atoms with E-state index in [2.05, 4.69) is 4.90 Å². The quantitative estimate of drug-likeness (QED) is 0.342. The van der Waals surface area contributed by atoms with E-state index in [-0.39, 0.29) is 23.1 Å². The Hall–Kier alpha value is -1.17. The number of hydrogen-bond acceptors (Lipinski definition) is 4. The molecule has 1 aromatic carbocycles. The number of Topliss-reactive ketones (excluding diaryl/α,β-unsaturated/α-hetero) is 1. The number of carbonyl (C=O) groups is 1. The molecule has 0 unspecified atom stereocenters. The van der Waals surface area contributed by atoms with E-state index in [1.165, 1.54) is 75.9 Å². The molecular weight excluding hydrogens is 404 g/mol. The van der Waals surface area contributed by atoms with Crippen LogP contribution in [0.25, 0.3) is 10.2 Å². The van der Waals surface area contributed by atoms with Gasteiger partial charge < -0.3 is 4.90 Å². The summed E-state index contributed by atoms with van der Waals surface area (Å²) < 4.78 is 2.83. The lowest BCUT2D eigenvalue weighted by Crippen LogP contribution is -2.25. The van der Waals surface area contributed by atoms with Crippen molar-refractivity contribution in [3.8, 4) is 0 Å². The summed E-state index contributed by atoms with van der Waals surface area (Å²) in [6, 6.07) is 5.73. The fourth-order valence-corrected chi connectivity index (χ4v) is 5.10. The average Bonchev–Trinajstić information content (AvgIpc) is 2.85. The molecule has 1 aromatic heterocycles. The standard InChI is InChI=1S/C23H34N2O2S.ClH/c1-2-11-21(26)19-12-13-20-22(18-19)28-23(27)25(20)17-10-6-5-9-16-24-14-7-3-4-8-15-24;/h12-13,18H,2-11,14-17H2,1H3;1H. The molecule has 0 N–H and O–H groups in total. The second-order valence-electron chi connectivity index (χ2n) is 8.05. The molecule has 0 radical (unpaired) electrons. The normalized spacial score (nSPS) is 15.2.